The van der Waals surface area contributed by atoms with Gasteiger partial charge in [-0.3, -0.25) is 5.32 Å². The van der Waals surface area contributed by atoms with Gasteiger partial charge in [-0.05, 0) is 36.8 Å². The Morgan fingerprint density at radius 3 is 2.51 bits per heavy atom. The molecule has 3 heterocycles. The van der Waals surface area contributed by atoms with Gasteiger partial charge in [0.1, 0.15) is 29.5 Å². The molecule has 0 unspecified atom stereocenters. The van der Waals surface area contributed by atoms with E-state index in [1.165, 1.54) is 17.1 Å². The predicted octanol–water partition coefficient (Wildman–Crippen LogP) is 5.84. The number of rotatable bonds is 4. The maximum Gasteiger partial charge on any atom is 0.324 e. The molecule has 0 saturated carbocycles. The SMILES string of the molecule is Cc1ccc(-n2nc(C(C)(C)C)cc2NC(=O)Nc2ccc(-c3nn(C)c4ncnc(N)c34)cc2Cl)cc1F. The molecule has 5 rings (SSSR count). The fraction of sp³-hybridized carbons (Fsp3) is 0.222. The number of halogens is 2. The number of nitrogens with one attached hydrogen (secondary N) is 2. The molecular formula is C27H27ClFN9O. The molecule has 0 aliphatic heterocycles. The van der Waals surface area contributed by atoms with Crippen LogP contribution in [0.25, 0.3) is 28.0 Å². The van der Waals surface area contributed by atoms with Crippen molar-refractivity contribution in [3.63, 3.8) is 0 Å². The zero-order valence-corrected chi connectivity index (χ0v) is 22.8. The Balaban J connectivity index is 1.42. The van der Waals surface area contributed by atoms with Gasteiger partial charge in [0, 0.05) is 24.1 Å². The summed E-state index contributed by atoms with van der Waals surface area (Å²) in [4.78, 5) is 21.3. The van der Waals surface area contributed by atoms with Crippen molar-refractivity contribution in [1.29, 1.82) is 0 Å². The third-order valence-corrected chi connectivity index (χ3v) is 6.57. The molecule has 200 valence electrons. The van der Waals surface area contributed by atoms with Gasteiger partial charge in [-0.1, -0.05) is 44.5 Å². The zero-order valence-electron chi connectivity index (χ0n) is 22.0. The van der Waals surface area contributed by atoms with E-state index in [-0.39, 0.29) is 11.2 Å². The van der Waals surface area contributed by atoms with E-state index >= 15 is 0 Å². The lowest BCUT2D eigenvalue weighted by Gasteiger charge is -2.14. The molecule has 0 atom stereocenters. The number of carbonyl (C=O) groups is 1. The van der Waals surface area contributed by atoms with Crippen molar-refractivity contribution in [3.8, 4) is 16.9 Å². The van der Waals surface area contributed by atoms with Crippen molar-refractivity contribution in [3.05, 3.63) is 70.9 Å². The van der Waals surface area contributed by atoms with Crippen LogP contribution in [0.3, 0.4) is 0 Å². The lowest BCUT2D eigenvalue weighted by atomic mass is 9.92. The summed E-state index contributed by atoms with van der Waals surface area (Å²) >= 11 is 6.55. The normalized spacial score (nSPS) is 11.7. The minimum atomic E-state index is -0.542. The molecule has 12 heteroatoms. The van der Waals surface area contributed by atoms with Crippen LogP contribution in [0.4, 0.5) is 26.5 Å². The Morgan fingerprint density at radius 2 is 1.82 bits per heavy atom. The Labute approximate surface area is 229 Å². The quantitative estimate of drug-likeness (QED) is 0.259. The summed E-state index contributed by atoms with van der Waals surface area (Å²) in [5.74, 6) is 0.320. The molecule has 0 spiro atoms. The van der Waals surface area contributed by atoms with Gasteiger partial charge in [-0.15, -0.1) is 0 Å². The summed E-state index contributed by atoms with van der Waals surface area (Å²) < 4.78 is 17.4. The van der Waals surface area contributed by atoms with Gasteiger partial charge in [0.15, 0.2) is 5.65 Å². The fourth-order valence-corrected chi connectivity index (χ4v) is 4.32. The monoisotopic (exact) mass is 547 g/mol. The molecule has 4 N–H and O–H groups in total. The van der Waals surface area contributed by atoms with E-state index in [1.54, 1.807) is 55.1 Å². The van der Waals surface area contributed by atoms with Crippen molar-refractivity contribution in [2.24, 2.45) is 7.05 Å². The van der Waals surface area contributed by atoms with E-state index in [2.05, 4.69) is 30.8 Å². The molecule has 0 aliphatic rings. The first-order chi connectivity index (χ1) is 18.4. The summed E-state index contributed by atoms with van der Waals surface area (Å²) in [6.45, 7) is 7.70. The smallest absolute Gasteiger partial charge is 0.324 e. The van der Waals surface area contributed by atoms with Crippen LogP contribution in [0.1, 0.15) is 32.0 Å². The van der Waals surface area contributed by atoms with E-state index in [0.717, 1.165) is 5.69 Å². The minimum absolute atomic E-state index is 0.293. The number of aromatic nitrogens is 6. The average molecular weight is 548 g/mol. The second-order valence-electron chi connectivity index (χ2n) is 10.2. The van der Waals surface area contributed by atoms with Gasteiger partial charge < -0.3 is 11.1 Å². The summed E-state index contributed by atoms with van der Waals surface area (Å²) in [6, 6.07) is 11.1. The number of aryl methyl sites for hydroxylation is 2. The van der Waals surface area contributed by atoms with Gasteiger partial charge >= 0.3 is 6.03 Å². The van der Waals surface area contributed by atoms with Crippen LogP contribution >= 0.6 is 11.6 Å². The molecule has 2 aromatic carbocycles. The van der Waals surface area contributed by atoms with Crippen LogP contribution < -0.4 is 16.4 Å². The van der Waals surface area contributed by atoms with Crippen molar-refractivity contribution < 1.29 is 9.18 Å². The average Bonchev–Trinajstić information content (AvgIpc) is 3.44. The summed E-state index contributed by atoms with van der Waals surface area (Å²) in [5.41, 5.74) is 9.75. The first-order valence-corrected chi connectivity index (χ1v) is 12.5. The van der Waals surface area contributed by atoms with Crippen molar-refractivity contribution in [2.45, 2.75) is 33.1 Å². The third kappa shape index (κ3) is 5.00. The van der Waals surface area contributed by atoms with Crippen LogP contribution in [0.2, 0.25) is 5.02 Å². The predicted molar refractivity (Wildman–Crippen MR) is 151 cm³/mol. The van der Waals surface area contributed by atoms with Crippen LogP contribution in [0.5, 0.6) is 0 Å². The second-order valence-corrected chi connectivity index (χ2v) is 10.6. The molecule has 39 heavy (non-hydrogen) atoms. The zero-order chi connectivity index (χ0) is 28.1. The topological polar surface area (TPSA) is 129 Å². The van der Waals surface area contributed by atoms with Crippen LogP contribution in [0, 0.1) is 12.7 Å². The Kier molecular flexibility index (Phi) is 6.47. The number of benzene rings is 2. The number of hydrogen-bond donors (Lipinski definition) is 3. The van der Waals surface area contributed by atoms with Gasteiger partial charge in [-0.2, -0.15) is 10.2 Å². The number of fused-ring (bicyclic) bond motifs is 1. The lowest BCUT2D eigenvalue weighted by Crippen LogP contribution is -2.21. The molecule has 0 aliphatic carbocycles. The van der Waals surface area contributed by atoms with E-state index in [0.29, 0.717) is 55.9 Å². The van der Waals surface area contributed by atoms with Crippen LogP contribution in [0.15, 0.2) is 48.8 Å². The molecule has 0 fully saturated rings. The molecule has 5 aromatic rings. The van der Waals surface area contributed by atoms with E-state index < -0.39 is 6.03 Å². The van der Waals surface area contributed by atoms with E-state index in [4.69, 9.17) is 17.3 Å². The standard InChI is InChI=1S/C27H27ClFN9O/c1-14-6-8-16(11-18(14)29)38-21(12-20(35-38)27(2,3)4)34-26(39)33-19-9-7-15(10-17(19)28)23-22-24(30)31-13-32-25(22)37(5)36-23/h6-13H,1-5H3,(H2,30,31,32)(H2,33,34,39). The Morgan fingerprint density at radius 1 is 1.05 bits per heavy atom. The van der Waals surface area contributed by atoms with Crippen molar-refractivity contribution in [2.75, 3.05) is 16.4 Å². The Hall–Kier alpha value is -4.51. The number of amides is 2. The fourth-order valence-electron chi connectivity index (χ4n) is 4.09. The van der Waals surface area contributed by atoms with Crippen LogP contribution in [-0.2, 0) is 12.5 Å². The molecular weight excluding hydrogens is 521 g/mol. The lowest BCUT2D eigenvalue weighted by molar-refractivity contribution is 0.262. The first kappa shape index (κ1) is 26.1. The first-order valence-electron chi connectivity index (χ1n) is 12.1. The molecule has 0 saturated heterocycles. The summed E-state index contributed by atoms with van der Waals surface area (Å²) in [7, 11) is 1.76. The van der Waals surface area contributed by atoms with E-state index in [1.807, 2.05) is 20.8 Å². The highest BCUT2D eigenvalue weighted by atomic mass is 35.5. The summed E-state index contributed by atoms with van der Waals surface area (Å²) in [6.07, 6.45) is 1.38. The highest BCUT2D eigenvalue weighted by Crippen LogP contribution is 2.34. The Bertz CT molecular complexity index is 1740. The van der Waals surface area contributed by atoms with Gasteiger partial charge in [-0.25, -0.2) is 28.5 Å². The van der Waals surface area contributed by atoms with E-state index in [9.17, 15) is 9.18 Å². The van der Waals surface area contributed by atoms with Crippen molar-refractivity contribution in [1.82, 2.24) is 29.5 Å². The number of urea groups is 1. The second kappa shape index (κ2) is 9.66. The summed E-state index contributed by atoms with van der Waals surface area (Å²) in [5, 5.41) is 15.6. The maximum absolute atomic E-state index is 14.3. The highest BCUT2D eigenvalue weighted by molar-refractivity contribution is 6.34. The molecule has 0 radical (unpaired) electrons. The van der Waals surface area contributed by atoms with Gasteiger partial charge in [0.05, 0.1) is 27.5 Å². The molecule has 10 nitrogen and oxygen atoms in total. The number of hydrogen-bond acceptors (Lipinski definition) is 6. The van der Waals surface area contributed by atoms with Gasteiger partial charge in [0.2, 0.25) is 0 Å². The molecule has 3 aromatic heterocycles. The third-order valence-electron chi connectivity index (χ3n) is 6.26. The minimum Gasteiger partial charge on any atom is -0.383 e. The number of nitrogens with zero attached hydrogens (tertiary/aromatic N) is 6. The number of nitrogens with two attached hydrogens (primary N) is 1. The molecule has 0 bridgehead atoms. The number of nitrogen functional groups attached to an aromatic ring is 1. The van der Waals surface area contributed by atoms with Crippen LogP contribution in [-0.4, -0.2) is 35.6 Å². The maximum atomic E-state index is 14.3. The largest absolute Gasteiger partial charge is 0.383 e. The number of anilines is 3. The van der Waals surface area contributed by atoms with Crippen molar-refractivity contribution >= 4 is 46.0 Å². The highest BCUT2D eigenvalue weighted by Gasteiger charge is 2.22. The number of carbonyl (C=O) groups excluding carboxylic acids is 1. The molecule has 2 amide bonds. The van der Waals surface area contributed by atoms with Gasteiger partial charge in [0.25, 0.3) is 0 Å².